The Morgan fingerprint density at radius 2 is 1.70 bits per heavy atom. The van der Waals surface area contributed by atoms with E-state index in [0.717, 1.165) is 22.6 Å². The van der Waals surface area contributed by atoms with Crippen LogP contribution in [0.3, 0.4) is 0 Å². The number of amidine groups is 1. The summed E-state index contributed by atoms with van der Waals surface area (Å²) in [6.45, 7) is 2.73. The number of thioether (sulfide) groups is 1. The third-order valence-corrected chi connectivity index (χ3v) is 4.78. The van der Waals surface area contributed by atoms with Crippen LogP contribution in [0.1, 0.15) is 16.7 Å². The van der Waals surface area contributed by atoms with Gasteiger partial charge in [-0.1, -0.05) is 48.5 Å². The molecule has 120 valence electrons. The maximum atomic E-state index is 6.30. The van der Waals surface area contributed by atoms with Crippen LogP contribution in [0.2, 0.25) is 0 Å². The van der Waals surface area contributed by atoms with Crippen molar-refractivity contribution >= 4 is 34.9 Å². The molecule has 0 bridgehead atoms. The maximum Gasteiger partial charge on any atom is 0.288 e. The number of hydrogen-bond acceptors (Lipinski definition) is 2. The van der Waals surface area contributed by atoms with Crippen molar-refractivity contribution in [1.29, 1.82) is 0 Å². The highest BCUT2D eigenvalue weighted by Gasteiger charge is 2.14. The molecule has 2 rings (SSSR count). The van der Waals surface area contributed by atoms with Gasteiger partial charge in [0.1, 0.15) is 0 Å². The van der Waals surface area contributed by atoms with Crippen molar-refractivity contribution in [2.24, 2.45) is 11.5 Å². The molecule has 0 saturated carbocycles. The Morgan fingerprint density at radius 3 is 2.35 bits per heavy atom. The van der Waals surface area contributed by atoms with Gasteiger partial charge in [0.05, 0.1) is 6.54 Å². The summed E-state index contributed by atoms with van der Waals surface area (Å²) in [6, 6.07) is 18.4. The van der Waals surface area contributed by atoms with Crippen LogP contribution in [0.25, 0.3) is 0 Å². The molecule has 2 aromatic carbocycles. The number of nitrogens with two attached hydrogens (primary N) is 2. The Morgan fingerprint density at radius 1 is 1.04 bits per heavy atom. The average molecular weight is 345 g/mol. The van der Waals surface area contributed by atoms with Gasteiger partial charge in [-0.15, -0.1) is 0 Å². The van der Waals surface area contributed by atoms with Crippen molar-refractivity contribution in [2.75, 3.05) is 12.3 Å². The minimum atomic E-state index is 0.311. The summed E-state index contributed by atoms with van der Waals surface area (Å²) in [6.07, 6.45) is 0. The van der Waals surface area contributed by atoms with E-state index in [0.29, 0.717) is 17.5 Å². The molecule has 0 radical (unpaired) electrons. The quantitative estimate of drug-likeness (QED) is 0.278. The molecule has 0 unspecified atom stereocenters. The number of nitrogens with zero attached hydrogens (tertiary/aromatic N) is 1. The van der Waals surface area contributed by atoms with Gasteiger partial charge in [0.2, 0.25) is 5.84 Å². The lowest BCUT2D eigenvalue weighted by Gasteiger charge is -2.11. The van der Waals surface area contributed by atoms with Gasteiger partial charge in [-0.25, -0.2) is 4.58 Å². The number of aryl methyl sites for hydroxylation is 1. The minimum Gasteiger partial charge on any atom is -0.318 e. The third kappa shape index (κ3) is 5.08. The molecule has 0 aliphatic rings. The van der Waals surface area contributed by atoms with Crippen molar-refractivity contribution in [3.63, 3.8) is 0 Å². The van der Waals surface area contributed by atoms with Crippen molar-refractivity contribution in [2.45, 2.75) is 12.7 Å². The largest absolute Gasteiger partial charge is 0.318 e. The fraction of sp³-hybridized carbons (Fsp3) is 0.222. The van der Waals surface area contributed by atoms with Crippen LogP contribution in [0, 0.1) is 6.92 Å². The van der Waals surface area contributed by atoms with Crippen LogP contribution in [0.15, 0.2) is 54.6 Å². The number of rotatable bonds is 6. The number of thiocarbonyl (C=S) groups is 1. The molecule has 0 atom stereocenters. The van der Waals surface area contributed by atoms with Crippen LogP contribution in [-0.4, -0.2) is 27.8 Å². The first-order chi connectivity index (χ1) is 11.1. The fourth-order valence-corrected chi connectivity index (χ4v) is 3.35. The van der Waals surface area contributed by atoms with Gasteiger partial charge in [0.25, 0.3) is 5.11 Å². The average Bonchev–Trinajstić information content (AvgIpc) is 2.55. The van der Waals surface area contributed by atoms with Crippen molar-refractivity contribution in [3.8, 4) is 0 Å². The molecule has 0 spiro atoms. The zero-order valence-electron chi connectivity index (χ0n) is 13.2. The summed E-state index contributed by atoms with van der Waals surface area (Å²) in [4.78, 5) is 0. The molecule has 23 heavy (non-hydrogen) atoms. The van der Waals surface area contributed by atoms with Crippen LogP contribution >= 0.6 is 24.0 Å². The third-order valence-electron chi connectivity index (χ3n) is 3.55. The Bertz CT molecular complexity index is 696. The molecule has 0 aliphatic heterocycles. The SMILES string of the molecule is Cc1ccccc1/C(N)=[N+](\CCSCc1ccccc1)C(N)=S. The van der Waals surface area contributed by atoms with Gasteiger partial charge in [-0.2, -0.15) is 11.8 Å². The van der Waals surface area contributed by atoms with E-state index in [2.05, 4.69) is 24.3 Å². The van der Waals surface area contributed by atoms with Gasteiger partial charge in [-0.3, -0.25) is 0 Å². The number of benzene rings is 2. The smallest absolute Gasteiger partial charge is 0.288 e. The highest BCUT2D eigenvalue weighted by atomic mass is 32.2. The summed E-state index contributed by atoms with van der Waals surface area (Å²) >= 11 is 7.02. The predicted molar refractivity (Wildman–Crippen MR) is 104 cm³/mol. The second-order valence-corrected chi connectivity index (χ2v) is 6.75. The monoisotopic (exact) mass is 344 g/mol. The molecule has 3 nitrogen and oxygen atoms in total. The molecule has 0 fully saturated rings. The topological polar surface area (TPSA) is 55.0 Å². The molecule has 4 N–H and O–H groups in total. The van der Waals surface area contributed by atoms with Gasteiger partial charge in [-0.05, 0) is 36.3 Å². The van der Waals surface area contributed by atoms with Gasteiger partial charge >= 0.3 is 0 Å². The molecule has 0 amide bonds. The van der Waals surface area contributed by atoms with E-state index in [4.69, 9.17) is 23.7 Å². The van der Waals surface area contributed by atoms with E-state index < -0.39 is 0 Å². The van der Waals surface area contributed by atoms with Crippen molar-refractivity contribution in [1.82, 2.24) is 0 Å². The van der Waals surface area contributed by atoms with E-state index in [1.165, 1.54) is 5.56 Å². The van der Waals surface area contributed by atoms with Crippen molar-refractivity contribution in [3.05, 3.63) is 71.3 Å². The Balaban J connectivity index is 2.03. The van der Waals surface area contributed by atoms with E-state index in [9.17, 15) is 0 Å². The summed E-state index contributed by atoms with van der Waals surface area (Å²) in [5.74, 6) is 2.49. The Kier molecular flexibility index (Phi) is 6.62. The van der Waals surface area contributed by atoms with E-state index >= 15 is 0 Å². The van der Waals surface area contributed by atoms with Crippen LogP contribution in [-0.2, 0) is 5.75 Å². The summed E-state index contributed by atoms with van der Waals surface area (Å²) in [5, 5.41) is 0.311. The van der Waals surface area contributed by atoms with Gasteiger partial charge in [0, 0.05) is 17.1 Å². The normalized spacial score (nSPS) is 11.9. The zero-order valence-corrected chi connectivity index (χ0v) is 14.9. The highest BCUT2D eigenvalue weighted by Crippen LogP contribution is 2.12. The molecule has 5 heteroatoms. The summed E-state index contributed by atoms with van der Waals surface area (Å²) in [7, 11) is 0. The predicted octanol–water partition coefficient (Wildman–Crippen LogP) is 2.89. The molecule has 0 heterocycles. The first kappa shape index (κ1) is 17.5. The van der Waals surface area contributed by atoms with Gasteiger partial charge in [0.15, 0.2) is 0 Å². The second-order valence-electron chi connectivity index (χ2n) is 5.23. The van der Waals surface area contributed by atoms with Crippen LogP contribution < -0.4 is 11.5 Å². The zero-order chi connectivity index (χ0) is 16.7. The molecular weight excluding hydrogens is 322 g/mol. The molecule has 0 aromatic heterocycles. The van der Waals surface area contributed by atoms with Crippen LogP contribution in [0.4, 0.5) is 0 Å². The molecule has 2 aromatic rings. The second kappa shape index (κ2) is 8.70. The molecular formula is C18H22N3S2+. The van der Waals surface area contributed by atoms with E-state index in [-0.39, 0.29) is 0 Å². The summed E-state index contributed by atoms with van der Waals surface area (Å²) < 4.78 is 1.82. The Hall–Kier alpha value is -1.85. The molecule has 0 aliphatic carbocycles. The molecule has 0 saturated heterocycles. The maximum absolute atomic E-state index is 6.30. The standard InChI is InChI=1S/C18H21N3S2/c1-14-7-5-6-10-16(14)17(19)21(18(20)22)11-12-23-13-15-8-3-2-4-9-15/h2-10,19H,11-13H2,1H3,(H2,20,22)/p+1. The number of hydrogen-bond donors (Lipinski definition) is 2. The first-order valence-electron chi connectivity index (χ1n) is 7.46. The van der Waals surface area contributed by atoms with Crippen LogP contribution in [0.5, 0.6) is 0 Å². The minimum absolute atomic E-state index is 0.311. The van der Waals surface area contributed by atoms with Crippen molar-refractivity contribution < 1.29 is 4.58 Å². The van der Waals surface area contributed by atoms with Gasteiger partial charge < -0.3 is 11.5 Å². The Labute approximate surface area is 147 Å². The first-order valence-corrected chi connectivity index (χ1v) is 9.03. The summed E-state index contributed by atoms with van der Waals surface area (Å²) in [5.41, 5.74) is 15.6. The van der Waals surface area contributed by atoms with E-state index in [1.54, 1.807) is 0 Å². The highest BCUT2D eigenvalue weighted by molar-refractivity contribution is 7.98. The van der Waals surface area contributed by atoms with E-state index in [1.807, 2.05) is 53.6 Å². The fourth-order valence-electron chi connectivity index (χ4n) is 2.28. The lowest BCUT2D eigenvalue weighted by Crippen LogP contribution is -2.38. The lowest BCUT2D eigenvalue weighted by atomic mass is 10.1. The lowest BCUT2D eigenvalue weighted by molar-refractivity contribution is -0.400.